The maximum atomic E-state index is 13.8. The second-order valence-electron chi connectivity index (χ2n) is 6.43. The van der Waals surface area contributed by atoms with Crippen molar-refractivity contribution in [3.05, 3.63) is 41.4 Å². The highest BCUT2D eigenvalue weighted by atomic mass is 19.1. The van der Waals surface area contributed by atoms with Crippen LogP contribution in [0.2, 0.25) is 0 Å². The number of hydrogen-bond acceptors (Lipinski definition) is 7. The van der Waals surface area contributed by atoms with Crippen LogP contribution in [0.15, 0.2) is 22.6 Å². The number of aromatic nitrogens is 2. The number of aliphatic hydroxyl groups is 1. The van der Waals surface area contributed by atoms with Gasteiger partial charge in [0, 0.05) is 32.6 Å². The normalized spacial score (nSPS) is 21.2. The molecule has 136 valence electrons. The second-order valence-corrected chi connectivity index (χ2v) is 6.43. The van der Waals surface area contributed by atoms with Crippen molar-refractivity contribution in [3.8, 4) is 5.75 Å². The molecule has 0 unspecified atom stereocenters. The molecule has 1 aliphatic rings. The van der Waals surface area contributed by atoms with Crippen molar-refractivity contribution in [2.24, 2.45) is 0 Å². The van der Waals surface area contributed by atoms with E-state index in [0.29, 0.717) is 38.0 Å². The monoisotopic (exact) mass is 350 g/mol. The Balaban J connectivity index is 1.59. The van der Waals surface area contributed by atoms with Gasteiger partial charge in [0.05, 0.1) is 19.8 Å². The first-order chi connectivity index (χ1) is 12.0. The van der Waals surface area contributed by atoms with Gasteiger partial charge in [-0.05, 0) is 24.7 Å². The van der Waals surface area contributed by atoms with Gasteiger partial charge in [0.25, 0.3) is 0 Å². The molecule has 3 rings (SSSR count). The van der Waals surface area contributed by atoms with Crippen molar-refractivity contribution in [2.45, 2.75) is 32.2 Å². The zero-order valence-corrected chi connectivity index (χ0v) is 14.6. The van der Waals surface area contributed by atoms with Crippen LogP contribution in [0.4, 0.5) is 4.39 Å². The van der Waals surface area contributed by atoms with Crippen LogP contribution >= 0.6 is 0 Å². The first-order valence-corrected chi connectivity index (χ1v) is 8.18. The van der Waals surface area contributed by atoms with Gasteiger partial charge in [0.2, 0.25) is 11.8 Å². The molecule has 0 saturated carbocycles. The van der Waals surface area contributed by atoms with Gasteiger partial charge in [-0.3, -0.25) is 9.80 Å². The Kier molecular flexibility index (Phi) is 5.31. The van der Waals surface area contributed by atoms with E-state index in [9.17, 15) is 9.50 Å². The molecule has 1 saturated heterocycles. The molecular weight excluding hydrogens is 327 g/mol. The number of aryl methyl sites for hydroxylation is 1. The van der Waals surface area contributed by atoms with E-state index >= 15 is 0 Å². The number of likely N-dealkylation sites (tertiary alicyclic amines) is 1. The molecule has 0 amide bonds. The number of benzene rings is 1. The van der Waals surface area contributed by atoms with Gasteiger partial charge in [-0.25, -0.2) is 4.39 Å². The van der Waals surface area contributed by atoms with E-state index < -0.39 is 6.10 Å². The Bertz CT molecular complexity index is 724. The van der Waals surface area contributed by atoms with Crippen LogP contribution in [0.3, 0.4) is 0 Å². The fourth-order valence-corrected chi connectivity index (χ4v) is 3.21. The quantitative estimate of drug-likeness (QED) is 0.839. The first-order valence-electron chi connectivity index (χ1n) is 8.18. The molecule has 0 bridgehead atoms. The third-order valence-corrected chi connectivity index (χ3v) is 4.48. The molecule has 25 heavy (non-hydrogen) atoms. The predicted octanol–water partition coefficient (Wildman–Crippen LogP) is 1.20. The summed E-state index contributed by atoms with van der Waals surface area (Å²) in [5.74, 6) is 0.916. The third-order valence-electron chi connectivity index (χ3n) is 4.48. The van der Waals surface area contributed by atoms with E-state index in [4.69, 9.17) is 9.15 Å². The van der Waals surface area contributed by atoms with Crippen molar-refractivity contribution in [1.29, 1.82) is 0 Å². The van der Waals surface area contributed by atoms with Gasteiger partial charge in [-0.15, -0.1) is 10.2 Å². The van der Waals surface area contributed by atoms with Crippen LogP contribution in [0, 0.1) is 12.7 Å². The lowest BCUT2D eigenvalue weighted by Crippen LogP contribution is -2.40. The molecule has 1 aromatic carbocycles. The number of β-amino-alcohol motifs (C(OH)–C–C–N with tert-alkyl or cyclic N) is 1. The molecule has 0 aliphatic carbocycles. The number of aliphatic hydroxyl groups excluding tert-OH is 1. The number of likely N-dealkylation sites (N-methyl/N-ethyl adjacent to an activating group) is 1. The summed E-state index contributed by atoms with van der Waals surface area (Å²) in [4.78, 5) is 4.11. The second kappa shape index (κ2) is 7.47. The Labute approximate surface area is 146 Å². The third kappa shape index (κ3) is 4.15. The standard InChI is InChI=1S/C17H23FN4O3/c1-11-19-20-17(25-11)10-21(2)14-8-22(9-15(14)23)7-12-4-5-16(24-3)13(18)6-12/h4-6,14-15,23H,7-10H2,1-3H3/t14-,15-/m1/s1. The lowest BCUT2D eigenvalue weighted by molar-refractivity contribution is 0.0899. The van der Waals surface area contributed by atoms with Crippen LogP contribution in [0.5, 0.6) is 5.75 Å². The molecule has 0 spiro atoms. The highest BCUT2D eigenvalue weighted by Gasteiger charge is 2.34. The average molecular weight is 350 g/mol. The topological polar surface area (TPSA) is 74.9 Å². The Hall–Kier alpha value is -2.03. The van der Waals surface area contributed by atoms with Gasteiger partial charge in [-0.1, -0.05) is 6.07 Å². The summed E-state index contributed by atoms with van der Waals surface area (Å²) in [5.41, 5.74) is 0.848. The molecule has 1 N–H and O–H groups in total. The van der Waals surface area contributed by atoms with Crippen LogP contribution in [-0.4, -0.2) is 64.5 Å². The molecule has 2 atom stereocenters. The minimum absolute atomic E-state index is 0.0460. The van der Waals surface area contributed by atoms with Gasteiger partial charge >= 0.3 is 0 Å². The molecule has 0 radical (unpaired) electrons. The summed E-state index contributed by atoms with van der Waals surface area (Å²) in [6.07, 6.45) is -0.489. The zero-order chi connectivity index (χ0) is 18.0. The number of methoxy groups -OCH3 is 1. The van der Waals surface area contributed by atoms with E-state index in [1.165, 1.54) is 13.2 Å². The molecule has 2 aromatic rings. The molecule has 1 aliphatic heterocycles. The maximum Gasteiger partial charge on any atom is 0.230 e. The minimum atomic E-state index is -0.489. The number of ether oxygens (including phenoxy) is 1. The Morgan fingerprint density at radius 2 is 2.20 bits per heavy atom. The number of rotatable bonds is 6. The lowest BCUT2D eigenvalue weighted by atomic mass is 10.2. The summed E-state index contributed by atoms with van der Waals surface area (Å²) >= 11 is 0. The molecular formula is C17H23FN4O3. The number of halogens is 1. The summed E-state index contributed by atoms with van der Waals surface area (Å²) in [6, 6.07) is 4.89. The van der Waals surface area contributed by atoms with Gasteiger partial charge < -0.3 is 14.3 Å². The average Bonchev–Trinajstić information content (AvgIpc) is 3.13. The fourth-order valence-electron chi connectivity index (χ4n) is 3.21. The van der Waals surface area contributed by atoms with E-state index in [1.54, 1.807) is 13.0 Å². The van der Waals surface area contributed by atoms with E-state index in [2.05, 4.69) is 15.1 Å². The fraction of sp³-hybridized carbons (Fsp3) is 0.529. The molecule has 7 nitrogen and oxygen atoms in total. The van der Waals surface area contributed by atoms with Crippen LogP contribution in [-0.2, 0) is 13.1 Å². The van der Waals surface area contributed by atoms with Crippen LogP contribution in [0.25, 0.3) is 0 Å². The van der Waals surface area contributed by atoms with Crippen molar-refractivity contribution in [2.75, 3.05) is 27.2 Å². The van der Waals surface area contributed by atoms with Crippen molar-refractivity contribution in [3.63, 3.8) is 0 Å². The highest BCUT2D eigenvalue weighted by Crippen LogP contribution is 2.22. The van der Waals surface area contributed by atoms with Crippen LogP contribution in [0.1, 0.15) is 17.3 Å². The number of nitrogens with zero attached hydrogens (tertiary/aromatic N) is 4. The largest absolute Gasteiger partial charge is 0.494 e. The molecule has 1 fully saturated rings. The molecule has 1 aromatic heterocycles. The summed E-state index contributed by atoms with van der Waals surface area (Å²) in [6.45, 7) is 4.01. The summed E-state index contributed by atoms with van der Waals surface area (Å²) in [5, 5.41) is 18.2. The van der Waals surface area contributed by atoms with Crippen molar-refractivity contribution >= 4 is 0 Å². The van der Waals surface area contributed by atoms with E-state index in [1.807, 2.05) is 18.0 Å². The smallest absolute Gasteiger partial charge is 0.230 e. The van der Waals surface area contributed by atoms with Gasteiger partial charge in [0.15, 0.2) is 11.6 Å². The SMILES string of the molecule is COc1ccc(CN2C[C@@H](O)[C@H](N(C)Cc3nnc(C)o3)C2)cc1F. The maximum absolute atomic E-state index is 13.8. The minimum Gasteiger partial charge on any atom is -0.494 e. The van der Waals surface area contributed by atoms with E-state index in [0.717, 1.165) is 5.56 Å². The Morgan fingerprint density at radius 3 is 2.84 bits per heavy atom. The zero-order valence-electron chi connectivity index (χ0n) is 14.6. The predicted molar refractivity (Wildman–Crippen MR) is 88.5 cm³/mol. The molecule has 8 heteroatoms. The number of hydrogen-bond donors (Lipinski definition) is 1. The van der Waals surface area contributed by atoms with Crippen LogP contribution < -0.4 is 4.74 Å². The first kappa shape index (κ1) is 17.8. The Morgan fingerprint density at radius 1 is 1.40 bits per heavy atom. The highest BCUT2D eigenvalue weighted by molar-refractivity contribution is 5.29. The lowest BCUT2D eigenvalue weighted by Gasteiger charge is -2.25. The summed E-state index contributed by atoms with van der Waals surface area (Å²) < 4.78 is 24.2. The van der Waals surface area contributed by atoms with Crippen molar-refractivity contribution < 1.29 is 18.7 Å². The van der Waals surface area contributed by atoms with E-state index in [-0.39, 0.29) is 17.6 Å². The van der Waals surface area contributed by atoms with Crippen molar-refractivity contribution in [1.82, 2.24) is 20.0 Å². The molecule has 2 heterocycles. The summed E-state index contributed by atoms with van der Waals surface area (Å²) in [7, 11) is 3.37. The van der Waals surface area contributed by atoms with Gasteiger partial charge in [-0.2, -0.15) is 0 Å². The van der Waals surface area contributed by atoms with Gasteiger partial charge in [0.1, 0.15) is 0 Å².